The summed E-state index contributed by atoms with van der Waals surface area (Å²) in [6.45, 7) is 4.13. The molecule has 0 saturated carbocycles. The van der Waals surface area contributed by atoms with Crippen LogP contribution in [0.15, 0.2) is 30.3 Å². The molecule has 1 aromatic carbocycles. The number of rotatable bonds is 18. The fourth-order valence-electron chi connectivity index (χ4n) is 3.27. The number of aliphatic hydroxyl groups is 1. The third kappa shape index (κ3) is 23.0. The van der Waals surface area contributed by atoms with Gasteiger partial charge in [0.15, 0.2) is 0 Å². The highest BCUT2D eigenvalue weighted by atomic mass is 31.2. The van der Waals surface area contributed by atoms with E-state index in [1.807, 2.05) is 51.5 Å². The number of phosphoric acid groups is 1. The Hall–Kier alpha value is -1.48. The van der Waals surface area contributed by atoms with E-state index >= 15 is 0 Å². The molecule has 1 aromatic rings. The van der Waals surface area contributed by atoms with Crippen molar-refractivity contribution in [3.05, 3.63) is 35.9 Å². The average molecular weight is 534 g/mol. The Balaban J connectivity index is 0.000000935. The number of unbranched alkanes of at least 4 members (excludes halogenated alkanes) is 8. The summed E-state index contributed by atoms with van der Waals surface area (Å²) in [7, 11) is 1.50. The molecule has 9 nitrogen and oxygen atoms in total. The van der Waals surface area contributed by atoms with Crippen LogP contribution < -0.4 is 0 Å². The van der Waals surface area contributed by atoms with E-state index < -0.39 is 7.82 Å². The number of quaternary nitrogens is 1. The molecule has 0 fully saturated rings. The van der Waals surface area contributed by atoms with Gasteiger partial charge in [-0.3, -0.25) is 4.52 Å². The summed E-state index contributed by atoms with van der Waals surface area (Å²) in [6.07, 6.45) is 10.9. The number of phosphoric ester groups is 1. The van der Waals surface area contributed by atoms with Gasteiger partial charge in [-0.15, -0.1) is 0 Å². The lowest BCUT2D eigenvalue weighted by Gasteiger charge is -2.23. The summed E-state index contributed by atoms with van der Waals surface area (Å²) in [4.78, 5) is 30.4. The van der Waals surface area contributed by atoms with Gasteiger partial charge in [-0.05, 0) is 12.0 Å². The van der Waals surface area contributed by atoms with Crippen LogP contribution in [0.1, 0.15) is 70.3 Å². The van der Waals surface area contributed by atoms with Crippen LogP contribution in [0.4, 0.5) is 4.79 Å². The molecule has 10 heteroatoms. The number of benzene rings is 1. The molecule has 0 aromatic heterocycles. The van der Waals surface area contributed by atoms with Gasteiger partial charge in [0.2, 0.25) is 0 Å². The van der Waals surface area contributed by atoms with E-state index in [9.17, 15) is 9.36 Å². The van der Waals surface area contributed by atoms with E-state index in [4.69, 9.17) is 19.6 Å². The molecule has 3 N–H and O–H groups in total. The largest absolute Gasteiger partial charge is 0.469 e. The summed E-state index contributed by atoms with van der Waals surface area (Å²) in [5, 5.41) is 9.16. The maximum atomic E-state index is 12.2. The van der Waals surface area contributed by atoms with E-state index in [2.05, 4.69) is 11.4 Å². The number of likely N-dealkylation sites (N-methyl/N-ethyl adjacent to an activating group) is 1. The zero-order chi connectivity index (χ0) is 27.3. The number of ether oxygens (including phenoxy) is 1. The minimum atomic E-state index is -4.26. The Labute approximate surface area is 218 Å². The lowest BCUT2D eigenvalue weighted by atomic mass is 10.1. The zero-order valence-electron chi connectivity index (χ0n) is 22.8. The SMILES string of the molecule is CCCCCCCCCCCN(CCO)C(=O)OCc1ccccc1.C[N+](C)(C)CCOP(=O)(O)O. The van der Waals surface area contributed by atoms with Gasteiger partial charge < -0.3 is 29.0 Å². The van der Waals surface area contributed by atoms with Gasteiger partial charge >= 0.3 is 13.9 Å². The van der Waals surface area contributed by atoms with Crippen molar-refractivity contribution in [2.45, 2.75) is 71.3 Å². The standard InChI is InChI=1S/C21H35NO3.C5H14NO4P/c1-2-3-4-5-6-7-8-9-13-16-22(17-18-23)21(24)25-19-20-14-11-10-12-15-20;1-6(2,3)4-5-10-11(7,8)9/h10-12,14-15,23H,2-9,13,16-19H2,1H3;4-5H2,1-3H3,(H-,7,8,9)/p+1. The van der Waals surface area contributed by atoms with E-state index in [-0.39, 0.29) is 25.9 Å². The zero-order valence-corrected chi connectivity index (χ0v) is 23.7. The third-order valence-electron chi connectivity index (χ3n) is 5.39. The number of hydrogen-bond acceptors (Lipinski definition) is 5. The molecule has 0 radical (unpaired) electrons. The molecule has 0 aliphatic heterocycles. The molecule has 1 rings (SSSR count). The summed E-state index contributed by atoms with van der Waals surface area (Å²) in [6, 6.07) is 9.66. The van der Waals surface area contributed by atoms with Crippen LogP contribution in [0.3, 0.4) is 0 Å². The highest BCUT2D eigenvalue weighted by molar-refractivity contribution is 7.46. The second kappa shape index (κ2) is 20.6. The summed E-state index contributed by atoms with van der Waals surface area (Å²) >= 11 is 0. The Morgan fingerprint density at radius 1 is 0.917 bits per heavy atom. The molecule has 1 amide bonds. The van der Waals surface area contributed by atoms with Crippen molar-refractivity contribution < 1.29 is 38.0 Å². The van der Waals surface area contributed by atoms with Gasteiger partial charge in [0.1, 0.15) is 19.8 Å². The fourth-order valence-corrected chi connectivity index (χ4v) is 3.59. The molecule has 0 saturated heterocycles. The number of carbonyl (C=O) groups is 1. The van der Waals surface area contributed by atoms with Gasteiger partial charge in [0.05, 0.1) is 27.7 Å². The van der Waals surface area contributed by atoms with Crippen LogP contribution in [-0.4, -0.2) is 84.4 Å². The quantitative estimate of drug-likeness (QED) is 0.139. The monoisotopic (exact) mass is 533 g/mol. The van der Waals surface area contributed by atoms with Crippen molar-refractivity contribution >= 4 is 13.9 Å². The van der Waals surface area contributed by atoms with Crippen LogP contribution in [0, 0.1) is 0 Å². The normalized spacial score (nSPS) is 11.5. The summed E-state index contributed by atoms with van der Waals surface area (Å²) < 4.78 is 20.4. The first-order chi connectivity index (χ1) is 17.0. The molecule has 36 heavy (non-hydrogen) atoms. The van der Waals surface area contributed by atoms with Crippen molar-refractivity contribution in [1.29, 1.82) is 0 Å². The second-order valence-electron chi connectivity index (χ2n) is 9.92. The van der Waals surface area contributed by atoms with Gasteiger partial charge in [-0.25, -0.2) is 9.36 Å². The van der Waals surface area contributed by atoms with Crippen LogP contribution in [-0.2, 0) is 20.4 Å². The third-order valence-corrected chi connectivity index (χ3v) is 5.91. The lowest BCUT2D eigenvalue weighted by Crippen LogP contribution is -2.37. The van der Waals surface area contributed by atoms with Gasteiger partial charge in [0, 0.05) is 13.1 Å². The van der Waals surface area contributed by atoms with Crippen molar-refractivity contribution in [3.8, 4) is 0 Å². The predicted octanol–water partition coefficient (Wildman–Crippen LogP) is 4.95. The van der Waals surface area contributed by atoms with E-state index in [1.54, 1.807) is 4.90 Å². The highest BCUT2D eigenvalue weighted by Crippen LogP contribution is 2.35. The van der Waals surface area contributed by atoms with Gasteiger partial charge in [0.25, 0.3) is 0 Å². The van der Waals surface area contributed by atoms with Crippen LogP contribution in [0.25, 0.3) is 0 Å². The fraction of sp³-hybridized carbons (Fsp3) is 0.731. The maximum Gasteiger partial charge on any atom is 0.469 e. The first-order valence-corrected chi connectivity index (χ1v) is 14.6. The maximum absolute atomic E-state index is 12.2. The molecule has 0 atom stereocenters. The van der Waals surface area contributed by atoms with E-state index in [0.717, 1.165) is 18.4 Å². The van der Waals surface area contributed by atoms with Crippen molar-refractivity contribution in [2.24, 2.45) is 0 Å². The van der Waals surface area contributed by atoms with E-state index in [1.165, 1.54) is 44.9 Å². The average Bonchev–Trinajstić information content (AvgIpc) is 2.80. The van der Waals surface area contributed by atoms with Gasteiger partial charge in [-0.1, -0.05) is 88.6 Å². The number of amides is 1. The molecule has 0 unspecified atom stereocenters. The van der Waals surface area contributed by atoms with Crippen molar-refractivity contribution in [2.75, 3.05) is 54.0 Å². The molecule has 0 spiro atoms. The minimum absolute atomic E-state index is 0.0299. The Kier molecular flexibility index (Phi) is 19.7. The number of nitrogens with zero attached hydrogens (tertiary/aromatic N) is 2. The Morgan fingerprint density at radius 3 is 1.97 bits per heavy atom. The van der Waals surface area contributed by atoms with Crippen molar-refractivity contribution in [1.82, 2.24) is 4.90 Å². The first kappa shape index (κ1) is 34.5. The number of aliphatic hydroxyl groups excluding tert-OH is 1. The minimum Gasteiger partial charge on any atom is -0.445 e. The number of hydrogen-bond donors (Lipinski definition) is 3. The predicted molar refractivity (Wildman–Crippen MR) is 143 cm³/mol. The molecule has 0 aliphatic rings. The highest BCUT2D eigenvalue weighted by Gasteiger charge is 2.16. The lowest BCUT2D eigenvalue weighted by molar-refractivity contribution is -0.870. The van der Waals surface area contributed by atoms with Crippen LogP contribution >= 0.6 is 7.82 Å². The van der Waals surface area contributed by atoms with Crippen LogP contribution in [0.2, 0.25) is 0 Å². The summed E-state index contributed by atoms with van der Waals surface area (Å²) in [5.41, 5.74) is 0.975. The van der Waals surface area contributed by atoms with Crippen LogP contribution in [0.5, 0.6) is 0 Å². The summed E-state index contributed by atoms with van der Waals surface area (Å²) in [5.74, 6) is 0. The topological polar surface area (TPSA) is 117 Å². The molecule has 0 heterocycles. The Morgan fingerprint density at radius 2 is 1.47 bits per heavy atom. The molecule has 0 aliphatic carbocycles. The Bertz CT molecular complexity index is 708. The number of carbonyl (C=O) groups excluding carboxylic acids is 1. The van der Waals surface area contributed by atoms with Gasteiger partial charge in [-0.2, -0.15) is 0 Å². The first-order valence-electron chi connectivity index (χ1n) is 13.1. The van der Waals surface area contributed by atoms with E-state index in [0.29, 0.717) is 24.1 Å². The second-order valence-corrected chi connectivity index (χ2v) is 11.2. The van der Waals surface area contributed by atoms with Crippen molar-refractivity contribution in [3.63, 3.8) is 0 Å². The molecular formula is C26H50N2O7P+. The molecule has 0 bridgehead atoms. The molecule has 210 valence electrons. The molecular weight excluding hydrogens is 483 g/mol. The smallest absolute Gasteiger partial charge is 0.445 e.